The highest BCUT2D eigenvalue weighted by Crippen LogP contribution is 2.35. The van der Waals surface area contributed by atoms with E-state index in [0.717, 1.165) is 10.4 Å². The Morgan fingerprint density at radius 2 is 2.20 bits per heavy atom. The Hall–Kier alpha value is -0.880. The summed E-state index contributed by atoms with van der Waals surface area (Å²) in [6.07, 6.45) is 0. The highest BCUT2D eigenvalue weighted by molar-refractivity contribution is 9.10. The Morgan fingerprint density at radius 1 is 1.65 bits per heavy atom. The minimum absolute atomic E-state index is 0.00999. The third-order valence-electron chi connectivity index (χ3n) is 2.60. The smallest absolute Gasteiger partial charge is 0.245 e. The average Bonchev–Trinajstić information content (AvgIpc) is 2.39. The fourth-order valence-corrected chi connectivity index (χ4v) is 3.40. The quantitative estimate of drug-likeness (QED) is 0.638. The van der Waals surface area contributed by atoms with Crippen LogP contribution in [-0.2, 0) is 10.0 Å². The third-order valence-corrected chi connectivity index (χ3v) is 5.80. The van der Waals surface area contributed by atoms with E-state index in [2.05, 4.69) is 15.9 Å². The van der Waals surface area contributed by atoms with Gasteiger partial charge >= 0.3 is 0 Å². The highest BCUT2D eigenvalue weighted by atomic mass is 79.9. The van der Waals surface area contributed by atoms with Crippen molar-refractivity contribution < 1.29 is 12.8 Å². The van der Waals surface area contributed by atoms with Gasteiger partial charge < -0.3 is 5.73 Å². The van der Waals surface area contributed by atoms with E-state index >= 15 is 0 Å². The molecule has 2 N–H and O–H groups in total. The monoisotopic (exact) mass is 383 g/mol. The van der Waals surface area contributed by atoms with Gasteiger partial charge in [-0.1, -0.05) is 11.6 Å². The van der Waals surface area contributed by atoms with Crippen molar-refractivity contribution >= 4 is 43.2 Å². The lowest BCUT2D eigenvalue weighted by Crippen LogP contribution is -2.31. The van der Waals surface area contributed by atoms with Gasteiger partial charge in [0.15, 0.2) is 5.82 Å². The van der Waals surface area contributed by atoms with Crippen molar-refractivity contribution in [3.8, 4) is 6.07 Å². The predicted octanol–water partition coefficient (Wildman–Crippen LogP) is 2.60. The first-order valence-electron chi connectivity index (χ1n) is 5.41. The van der Waals surface area contributed by atoms with Crippen molar-refractivity contribution in [3.63, 3.8) is 0 Å². The molecule has 0 saturated heterocycles. The van der Waals surface area contributed by atoms with Crippen molar-refractivity contribution in [2.45, 2.75) is 11.8 Å². The van der Waals surface area contributed by atoms with Crippen molar-refractivity contribution in [1.29, 1.82) is 5.26 Å². The fraction of sp³-hybridized carbons (Fsp3) is 0.364. The number of nitrogens with two attached hydrogens (primary N) is 1. The van der Waals surface area contributed by atoms with Crippen LogP contribution in [0.5, 0.6) is 0 Å². The second kappa shape index (κ2) is 6.26. The molecule has 1 aromatic carbocycles. The number of nitrogen functional groups attached to an aromatic ring is 1. The van der Waals surface area contributed by atoms with E-state index in [1.165, 1.54) is 7.05 Å². The molecule has 1 rings (SSSR count). The molecule has 0 spiro atoms. The van der Waals surface area contributed by atoms with E-state index in [0.29, 0.717) is 0 Å². The molecule has 0 aliphatic carbocycles. The first-order valence-corrected chi connectivity index (χ1v) is 8.03. The zero-order chi connectivity index (χ0) is 15.7. The Balaban J connectivity index is 3.34. The van der Waals surface area contributed by atoms with Gasteiger partial charge in [-0.2, -0.15) is 9.57 Å². The highest BCUT2D eigenvalue weighted by Gasteiger charge is 2.28. The van der Waals surface area contributed by atoms with Crippen molar-refractivity contribution in [1.82, 2.24) is 4.31 Å². The number of hydrogen-bond acceptors (Lipinski definition) is 4. The first-order chi connectivity index (χ1) is 9.12. The van der Waals surface area contributed by atoms with Crippen molar-refractivity contribution in [2.75, 3.05) is 19.3 Å². The van der Waals surface area contributed by atoms with Crippen LogP contribution in [0.2, 0.25) is 5.02 Å². The van der Waals surface area contributed by atoms with Crippen LogP contribution in [0.1, 0.15) is 6.92 Å². The summed E-state index contributed by atoms with van der Waals surface area (Å²) >= 11 is 8.78. The van der Waals surface area contributed by atoms with E-state index in [9.17, 15) is 12.8 Å². The number of nitriles is 1. The average molecular weight is 385 g/mol. The molecule has 5 nitrogen and oxygen atoms in total. The largest absolute Gasteiger partial charge is 0.395 e. The summed E-state index contributed by atoms with van der Waals surface area (Å²) in [5.74, 6) is -1.60. The molecule has 1 aromatic rings. The summed E-state index contributed by atoms with van der Waals surface area (Å²) in [6.45, 7) is 1.50. The van der Waals surface area contributed by atoms with Crippen molar-refractivity contribution in [3.05, 3.63) is 21.4 Å². The molecule has 0 aliphatic heterocycles. The summed E-state index contributed by atoms with van der Waals surface area (Å²) in [6, 6.07) is 2.89. The van der Waals surface area contributed by atoms with Gasteiger partial charge in [-0.25, -0.2) is 12.8 Å². The molecule has 20 heavy (non-hydrogen) atoms. The Labute approximate surface area is 130 Å². The van der Waals surface area contributed by atoms with E-state index in [-0.39, 0.29) is 21.7 Å². The van der Waals surface area contributed by atoms with Gasteiger partial charge in [-0.3, -0.25) is 0 Å². The van der Waals surface area contributed by atoms with Crippen LogP contribution in [0.3, 0.4) is 0 Å². The van der Waals surface area contributed by atoms with Crippen LogP contribution in [0.25, 0.3) is 0 Å². The topological polar surface area (TPSA) is 87.2 Å². The molecular weight excluding hydrogens is 373 g/mol. The predicted molar refractivity (Wildman–Crippen MR) is 78.1 cm³/mol. The zero-order valence-electron chi connectivity index (χ0n) is 10.7. The molecule has 0 fully saturated rings. The molecule has 0 heterocycles. The molecule has 0 amide bonds. The molecule has 0 saturated carbocycles. The lowest BCUT2D eigenvalue weighted by molar-refractivity contribution is 0.435. The molecule has 0 radical (unpaired) electrons. The van der Waals surface area contributed by atoms with E-state index < -0.39 is 26.7 Å². The van der Waals surface area contributed by atoms with Gasteiger partial charge in [0.1, 0.15) is 4.90 Å². The molecule has 110 valence electrons. The number of rotatable bonds is 4. The van der Waals surface area contributed by atoms with Crippen LogP contribution in [0, 0.1) is 23.1 Å². The maximum absolute atomic E-state index is 14.0. The number of benzene rings is 1. The standard InChI is InChI=1S/C11H12BrClFN3O2S/c1-6(4-15)5-17(2)20(18,19)8-3-7(13)9(12)11(16)10(8)14/h3,6H,5,16H2,1-2H3. The minimum atomic E-state index is -4.11. The first kappa shape index (κ1) is 17.2. The maximum Gasteiger partial charge on any atom is 0.245 e. The molecule has 1 atom stereocenters. The number of anilines is 1. The Morgan fingerprint density at radius 3 is 2.70 bits per heavy atom. The summed E-state index contributed by atoms with van der Waals surface area (Å²) in [7, 11) is -2.86. The third kappa shape index (κ3) is 3.23. The number of halogens is 3. The van der Waals surface area contributed by atoms with Crippen LogP contribution in [0.4, 0.5) is 10.1 Å². The van der Waals surface area contributed by atoms with Crippen LogP contribution >= 0.6 is 27.5 Å². The Bertz CT molecular complexity index is 675. The second-order valence-electron chi connectivity index (χ2n) is 4.21. The normalized spacial score (nSPS) is 13.2. The van der Waals surface area contributed by atoms with Gasteiger partial charge in [0.2, 0.25) is 10.0 Å². The maximum atomic E-state index is 14.0. The summed E-state index contributed by atoms with van der Waals surface area (Å²) in [5, 5.41) is 8.70. The summed E-state index contributed by atoms with van der Waals surface area (Å²) in [5.41, 5.74) is 5.09. The van der Waals surface area contributed by atoms with Gasteiger partial charge in [-0.05, 0) is 28.9 Å². The van der Waals surface area contributed by atoms with E-state index in [4.69, 9.17) is 22.6 Å². The Kier molecular flexibility index (Phi) is 5.38. The van der Waals surface area contributed by atoms with Crippen molar-refractivity contribution in [2.24, 2.45) is 5.92 Å². The summed E-state index contributed by atoms with van der Waals surface area (Å²) in [4.78, 5) is -0.615. The lowest BCUT2D eigenvalue weighted by Gasteiger charge is -2.19. The van der Waals surface area contributed by atoms with Gasteiger partial charge in [0, 0.05) is 13.6 Å². The molecule has 0 bridgehead atoms. The lowest BCUT2D eigenvalue weighted by atomic mass is 10.2. The fourth-order valence-electron chi connectivity index (χ4n) is 1.48. The minimum Gasteiger partial charge on any atom is -0.395 e. The van der Waals surface area contributed by atoms with Crippen LogP contribution < -0.4 is 5.73 Å². The number of sulfonamides is 1. The molecular formula is C11H12BrClFN3O2S. The van der Waals surface area contributed by atoms with Gasteiger partial charge in [0.25, 0.3) is 0 Å². The number of nitrogens with zero attached hydrogens (tertiary/aromatic N) is 2. The molecule has 0 aliphatic rings. The zero-order valence-corrected chi connectivity index (χ0v) is 13.9. The molecule has 9 heteroatoms. The molecule has 1 unspecified atom stereocenters. The van der Waals surface area contributed by atoms with Gasteiger partial charge in [0.05, 0.1) is 27.2 Å². The van der Waals surface area contributed by atoms with Crippen LogP contribution in [-0.4, -0.2) is 26.3 Å². The molecule has 0 aromatic heterocycles. The van der Waals surface area contributed by atoms with E-state index in [1.807, 2.05) is 6.07 Å². The number of hydrogen-bond donors (Lipinski definition) is 1. The van der Waals surface area contributed by atoms with E-state index in [1.54, 1.807) is 6.92 Å². The summed E-state index contributed by atoms with van der Waals surface area (Å²) < 4.78 is 39.6. The second-order valence-corrected chi connectivity index (χ2v) is 7.43. The van der Waals surface area contributed by atoms with Gasteiger partial charge in [-0.15, -0.1) is 0 Å². The van der Waals surface area contributed by atoms with Crippen LogP contribution in [0.15, 0.2) is 15.4 Å². The SMILES string of the molecule is CC(C#N)CN(C)S(=O)(=O)c1cc(Cl)c(Br)c(N)c1F.